The van der Waals surface area contributed by atoms with E-state index in [4.69, 9.17) is 4.74 Å². The van der Waals surface area contributed by atoms with Gasteiger partial charge in [-0.3, -0.25) is 4.90 Å². The zero-order chi connectivity index (χ0) is 14.0. The van der Waals surface area contributed by atoms with Gasteiger partial charge in [-0.15, -0.1) is 0 Å². The van der Waals surface area contributed by atoms with Crippen molar-refractivity contribution in [1.29, 1.82) is 0 Å². The maximum absolute atomic E-state index is 10.3. The van der Waals surface area contributed by atoms with Crippen LogP contribution in [0.2, 0.25) is 0 Å². The molecular weight excluding hydrogens is 270 g/mol. The molecule has 0 aromatic carbocycles. The first-order chi connectivity index (χ1) is 9.70. The summed E-state index contributed by atoms with van der Waals surface area (Å²) in [6.07, 6.45) is 9.25. The van der Waals surface area contributed by atoms with Crippen molar-refractivity contribution in [3.05, 3.63) is 0 Å². The maximum Gasteiger partial charge on any atom is 0.0713 e. The third kappa shape index (κ3) is 3.18. The first-order valence-electron chi connectivity index (χ1n) is 8.32. The van der Waals surface area contributed by atoms with Gasteiger partial charge >= 0.3 is 0 Å². The zero-order valence-corrected chi connectivity index (χ0v) is 13.5. The van der Waals surface area contributed by atoms with Gasteiger partial charge in [0.2, 0.25) is 0 Å². The lowest BCUT2D eigenvalue weighted by Gasteiger charge is -2.48. The molecule has 3 rings (SSSR count). The van der Waals surface area contributed by atoms with Crippen LogP contribution in [-0.4, -0.2) is 59.0 Å². The third-order valence-corrected chi connectivity index (χ3v) is 6.65. The predicted molar refractivity (Wildman–Crippen MR) is 84.3 cm³/mol. The van der Waals surface area contributed by atoms with Crippen molar-refractivity contribution < 1.29 is 9.84 Å². The molecule has 1 saturated carbocycles. The fourth-order valence-corrected chi connectivity index (χ4v) is 5.52. The van der Waals surface area contributed by atoms with Crippen LogP contribution in [0.5, 0.6) is 0 Å². The monoisotopic (exact) mass is 299 g/mol. The molecule has 116 valence electrons. The summed E-state index contributed by atoms with van der Waals surface area (Å²) in [6.45, 7) is 0.905. The minimum atomic E-state index is -0.116. The lowest BCUT2D eigenvalue weighted by Crippen LogP contribution is -2.54. The van der Waals surface area contributed by atoms with E-state index in [-0.39, 0.29) is 11.7 Å². The van der Waals surface area contributed by atoms with Crippen LogP contribution in [0.1, 0.15) is 51.4 Å². The number of aliphatic hydroxyl groups is 1. The first kappa shape index (κ1) is 15.1. The molecule has 0 bridgehead atoms. The molecule has 3 fully saturated rings. The van der Waals surface area contributed by atoms with E-state index >= 15 is 0 Å². The summed E-state index contributed by atoms with van der Waals surface area (Å²) in [5.74, 6) is 2.50. The van der Waals surface area contributed by atoms with E-state index in [1.54, 1.807) is 0 Å². The van der Waals surface area contributed by atoms with E-state index < -0.39 is 0 Å². The van der Waals surface area contributed by atoms with Crippen molar-refractivity contribution in [3.63, 3.8) is 0 Å². The van der Waals surface area contributed by atoms with E-state index in [2.05, 4.69) is 23.7 Å². The number of nitrogens with zero attached hydrogens (tertiary/aromatic N) is 1. The molecule has 4 heteroatoms. The lowest BCUT2D eigenvalue weighted by molar-refractivity contribution is -0.119. The van der Waals surface area contributed by atoms with Gasteiger partial charge in [0.05, 0.1) is 11.7 Å². The van der Waals surface area contributed by atoms with Gasteiger partial charge in [0.25, 0.3) is 0 Å². The van der Waals surface area contributed by atoms with Crippen molar-refractivity contribution in [2.24, 2.45) is 0 Å². The Morgan fingerprint density at radius 3 is 2.65 bits per heavy atom. The van der Waals surface area contributed by atoms with Crippen molar-refractivity contribution in [2.75, 3.05) is 25.2 Å². The van der Waals surface area contributed by atoms with Crippen molar-refractivity contribution in [3.8, 4) is 0 Å². The van der Waals surface area contributed by atoms with E-state index in [1.807, 2.05) is 0 Å². The second-order valence-corrected chi connectivity index (χ2v) is 8.10. The van der Waals surface area contributed by atoms with Gasteiger partial charge in [-0.1, -0.05) is 12.8 Å². The number of hydrogen-bond donors (Lipinski definition) is 1. The summed E-state index contributed by atoms with van der Waals surface area (Å²) < 4.78 is 6.20. The Labute approximate surface area is 127 Å². The molecule has 2 aliphatic heterocycles. The molecule has 3 atom stereocenters. The van der Waals surface area contributed by atoms with Crippen LogP contribution in [0, 0.1) is 0 Å². The van der Waals surface area contributed by atoms with Gasteiger partial charge in [0.1, 0.15) is 0 Å². The fraction of sp³-hybridized carbons (Fsp3) is 1.00. The molecule has 2 saturated heterocycles. The van der Waals surface area contributed by atoms with E-state index in [0.29, 0.717) is 12.1 Å². The summed E-state index contributed by atoms with van der Waals surface area (Å²) in [6, 6.07) is 0.978. The molecule has 0 radical (unpaired) electrons. The topological polar surface area (TPSA) is 32.7 Å². The minimum absolute atomic E-state index is 0.116. The molecule has 0 aromatic rings. The molecule has 1 N–H and O–H groups in total. The van der Waals surface area contributed by atoms with Gasteiger partial charge < -0.3 is 9.84 Å². The summed E-state index contributed by atoms with van der Waals surface area (Å²) >= 11 is 2.07. The average molecular weight is 299 g/mol. The van der Waals surface area contributed by atoms with Crippen LogP contribution < -0.4 is 0 Å². The highest BCUT2D eigenvalue weighted by Gasteiger charge is 2.41. The summed E-state index contributed by atoms with van der Waals surface area (Å²) in [5, 5.41) is 10.3. The van der Waals surface area contributed by atoms with Crippen molar-refractivity contribution in [2.45, 2.75) is 75.2 Å². The molecule has 0 aromatic heterocycles. The van der Waals surface area contributed by atoms with Crippen LogP contribution >= 0.6 is 11.8 Å². The van der Waals surface area contributed by atoms with E-state index in [0.717, 1.165) is 25.9 Å². The number of aliphatic hydroxyl groups excluding tert-OH is 1. The highest BCUT2D eigenvalue weighted by atomic mass is 32.2. The summed E-state index contributed by atoms with van der Waals surface area (Å²) in [4.78, 5) is 2.50. The molecule has 0 amide bonds. The Bertz CT molecular complexity index is 314. The summed E-state index contributed by atoms with van der Waals surface area (Å²) in [5.41, 5.74) is 0.155. The first-order valence-corrected chi connectivity index (χ1v) is 9.47. The number of ether oxygens (including phenoxy) is 1. The number of thioether (sulfide) groups is 1. The normalized spacial score (nSPS) is 38.2. The van der Waals surface area contributed by atoms with Crippen LogP contribution in [0.15, 0.2) is 0 Å². The number of likely N-dealkylation sites (N-methyl/N-ethyl adjacent to an activating group) is 1. The Morgan fingerprint density at radius 1 is 1.15 bits per heavy atom. The fourth-order valence-electron chi connectivity index (χ4n) is 4.28. The highest BCUT2D eigenvalue weighted by Crippen LogP contribution is 2.39. The smallest absolute Gasteiger partial charge is 0.0713 e. The SMILES string of the molecule is CN(C1CCOC2(CCSCC2)C1)C1CCCCC1O. The molecule has 1 aliphatic carbocycles. The molecule has 3 nitrogen and oxygen atoms in total. The Morgan fingerprint density at radius 2 is 1.90 bits per heavy atom. The Kier molecular flexibility index (Phi) is 4.96. The molecule has 2 heterocycles. The second kappa shape index (κ2) is 6.55. The van der Waals surface area contributed by atoms with Crippen molar-refractivity contribution in [1.82, 2.24) is 4.90 Å². The van der Waals surface area contributed by atoms with Crippen LogP contribution in [-0.2, 0) is 4.74 Å². The Hall–Kier alpha value is 0.230. The molecule has 20 heavy (non-hydrogen) atoms. The molecule has 3 unspecified atom stereocenters. The number of rotatable bonds is 2. The molecule has 3 aliphatic rings. The van der Waals surface area contributed by atoms with E-state index in [9.17, 15) is 5.11 Å². The largest absolute Gasteiger partial charge is 0.391 e. The second-order valence-electron chi connectivity index (χ2n) is 6.88. The van der Waals surface area contributed by atoms with Crippen LogP contribution in [0.4, 0.5) is 0 Å². The number of hydrogen-bond acceptors (Lipinski definition) is 4. The van der Waals surface area contributed by atoms with E-state index in [1.165, 1.54) is 43.6 Å². The van der Waals surface area contributed by atoms with Crippen molar-refractivity contribution >= 4 is 11.8 Å². The molecular formula is C16H29NO2S. The quantitative estimate of drug-likeness (QED) is 0.850. The highest BCUT2D eigenvalue weighted by molar-refractivity contribution is 7.99. The summed E-state index contributed by atoms with van der Waals surface area (Å²) in [7, 11) is 2.24. The maximum atomic E-state index is 10.3. The Balaban J connectivity index is 1.63. The van der Waals surface area contributed by atoms with Crippen LogP contribution in [0.25, 0.3) is 0 Å². The predicted octanol–water partition coefficient (Wildman–Crippen LogP) is 2.67. The van der Waals surface area contributed by atoms with Gasteiger partial charge in [-0.25, -0.2) is 0 Å². The zero-order valence-electron chi connectivity index (χ0n) is 12.7. The van der Waals surface area contributed by atoms with Gasteiger partial charge in [0.15, 0.2) is 0 Å². The van der Waals surface area contributed by atoms with Gasteiger partial charge in [-0.05, 0) is 57.1 Å². The van der Waals surface area contributed by atoms with Gasteiger partial charge in [0, 0.05) is 18.7 Å². The van der Waals surface area contributed by atoms with Gasteiger partial charge in [-0.2, -0.15) is 11.8 Å². The average Bonchev–Trinajstić information content (AvgIpc) is 2.48. The lowest BCUT2D eigenvalue weighted by atomic mass is 9.83. The molecule has 1 spiro atoms. The minimum Gasteiger partial charge on any atom is -0.391 e. The van der Waals surface area contributed by atoms with Crippen LogP contribution in [0.3, 0.4) is 0 Å². The standard InChI is InChI=1S/C16H29NO2S/c1-17(14-4-2-3-5-15(14)18)13-6-9-19-16(12-13)7-10-20-11-8-16/h13-15,18H,2-12H2,1H3. The third-order valence-electron chi connectivity index (χ3n) is 5.66.